The Morgan fingerprint density at radius 3 is 2.58 bits per heavy atom. The monoisotopic (exact) mass is 270 g/mol. The number of hydrogen-bond acceptors (Lipinski definition) is 0. The van der Waals surface area contributed by atoms with Crippen LogP contribution in [0, 0.1) is 5.82 Å². The highest BCUT2D eigenvalue weighted by molar-refractivity contribution is 9.10. The van der Waals surface area contributed by atoms with Crippen molar-refractivity contribution in [1.82, 2.24) is 0 Å². The van der Waals surface area contributed by atoms with Gasteiger partial charge in [0.2, 0.25) is 0 Å². The second-order valence-electron chi connectivity index (χ2n) is 2.40. The molecule has 0 heterocycles. The molecule has 0 N–H and O–H groups in total. The van der Waals surface area contributed by atoms with Crippen molar-refractivity contribution in [2.24, 2.45) is 0 Å². The average molecular weight is 272 g/mol. The van der Waals surface area contributed by atoms with Crippen molar-refractivity contribution in [1.29, 1.82) is 0 Å². The summed E-state index contributed by atoms with van der Waals surface area (Å²) in [6.45, 7) is 1.70. The van der Waals surface area contributed by atoms with E-state index >= 15 is 0 Å². The van der Waals surface area contributed by atoms with E-state index in [9.17, 15) is 4.39 Å². The van der Waals surface area contributed by atoms with Crippen LogP contribution < -0.4 is 0 Å². The quantitative estimate of drug-likeness (QED) is 0.520. The van der Waals surface area contributed by atoms with Gasteiger partial charge in [0.05, 0.1) is 10.4 Å². The predicted molar refractivity (Wildman–Crippen MR) is 53.4 cm³/mol. The molecule has 0 aliphatic heterocycles. The van der Waals surface area contributed by atoms with Gasteiger partial charge in [-0.05, 0) is 35.0 Å². The molecule has 0 aromatic heterocycles. The maximum atomic E-state index is 13.1. The molecule has 0 amide bonds. The van der Waals surface area contributed by atoms with Gasteiger partial charge >= 0.3 is 0 Å². The lowest BCUT2D eigenvalue weighted by molar-refractivity contribution is 0.609. The Bertz CT molecular complexity index is 299. The number of alkyl halides is 1. The van der Waals surface area contributed by atoms with Crippen molar-refractivity contribution in [3.05, 3.63) is 33.0 Å². The smallest absolute Gasteiger partial charge is 0.129 e. The van der Waals surface area contributed by atoms with E-state index in [-0.39, 0.29) is 11.2 Å². The van der Waals surface area contributed by atoms with E-state index in [2.05, 4.69) is 15.9 Å². The van der Waals surface area contributed by atoms with Gasteiger partial charge in [-0.3, -0.25) is 0 Å². The van der Waals surface area contributed by atoms with Crippen LogP contribution in [0.1, 0.15) is 17.9 Å². The molecular formula is C8H6BrCl2F. The number of benzene rings is 1. The van der Waals surface area contributed by atoms with Crippen LogP contribution in [0.5, 0.6) is 0 Å². The Morgan fingerprint density at radius 1 is 1.50 bits per heavy atom. The summed E-state index contributed by atoms with van der Waals surface area (Å²) in [4.78, 5) is 0. The SMILES string of the molecule is CC(Cl)c1cc(Cl)c(Br)cc1F. The third-order valence-electron chi connectivity index (χ3n) is 1.47. The van der Waals surface area contributed by atoms with E-state index in [0.29, 0.717) is 15.1 Å². The zero-order valence-electron chi connectivity index (χ0n) is 6.24. The molecule has 0 fully saturated rings. The van der Waals surface area contributed by atoms with Crippen molar-refractivity contribution in [3.8, 4) is 0 Å². The van der Waals surface area contributed by atoms with Crippen LogP contribution in [0.4, 0.5) is 4.39 Å². The van der Waals surface area contributed by atoms with Gasteiger partial charge in [0.15, 0.2) is 0 Å². The molecule has 12 heavy (non-hydrogen) atoms. The summed E-state index contributed by atoms with van der Waals surface area (Å²) in [7, 11) is 0. The lowest BCUT2D eigenvalue weighted by Gasteiger charge is -2.06. The van der Waals surface area contributed by atoms with Gasteiger partial charge in [-0.25, -0.2) is 4.39 Å². The minimum atomic E-state index is -0.365. The molecule has 1 atom stereocenters. The Labute approximate surface area is 88.8 Å². The second kappa shape index (κ2) is 3.95. The average Bonchev–Trinajstić information content (AvgIpc) is 1.96. The molecule has 0 saturated heterocycles. The van der Waals surface area contributed by atoms with E-state index < -0.39 is 0 Å². The summed E-state index contributed by atoms with van der Waals surface area (Å²) < 4.78 is 13.7. The Kier molecular flexibility index (Phi) is 3.38. The molecule has 0 aliphatic carbocycles. The molecule has 4 heteroatoms. The molecule has 1 aromatic carbocycles. The van der Waals surface area contributed by atoms with Crippen molar-refractivity contribution >= 4 is 39.1 Å². The highest BCUT2D eigenvalue weighted by atomic mass is 79.9. The molecule has 0 saturated carbocycles. The fourth-order valence-corrected chi connectivity index (χ4v) is 1.50. The predicted octanol–water partition coefficient (Wildman–Crippen LogP) is 4.54. The molecule has 66 valence electrons. The summed E-state index contributed by atoms with van der Waals surface area (Å²) in [6.07, 6.45) is 0. The van der Waals surface area contributed by atoms with Gasteiger partial charge in [-0.1, -0.05) is 11.6 Å². The number of halogens is 4. The van der Waals surface area contributed by atoms with E-state index in [0.717, 1.165) is 0 Å². The van der Waals surface area contributed by atoms with Crippen LogP contribution in [-0.2, 0) is 0 Å². The zero-order chi connectivity index (χ0) is 9.30. The van der Waals surface area contributed by atoms with E-state index in [4.69, 9.17) is 23.2 Å². The summed E-state index contributed by atoms with van der Waals surface area (Å²) in [5.41, 5.74) is 0.421. The molecule has 0 bridgehead atoms. The van der Waals surface area contributed by atoms with Crippen molar-refractivity contribution in [2.75, 3.05) is 0 Å². The van der Waals surface area contributed by atoms with Crippen LogP contribution in [0.3, 0.4) is 0 Å². The fourth-order valence-electron chi connectivity index (χ4n) is 0.843. The van der Waals surface area contributed by atoms with E-state index in [1.807, 2.05) is 0 Å². The van der Waals surface area contributed by atoms with Crippen LogP contribution >= 0.6 is 39.1 Å². The molecular weight excluding hydrogens is 266 g/mol. The Hall–Kier alpha value is 0.210. The second-order valence-corrected chi connectivity index (χ2v) is 4.32. The molecule has 0 spiro atoms. The molecule has 1 aromatic rings. The molecule has 0 aliphatic rings. The summed E-state index contributed by atoms with van der Waals surface area (Å²) in [5, 5.41) is 0.106. The lowest BCUT2D eigenvalue weighted by Crippen LogP contribution is -1.90. The van der Waals surface area contributed by atoms with E-state index in [1.165, 1.54) is 12.1 Å². The first-order valence-electron chi connectivity index (χ1n) is 3.31. The third-order valence-corrected chi connectivity index (χ3v) is 2.90. The van der Waals surface area contributed by atoms with Crippen molar-refractivity contribution in [3.63, 3.8) is 0 Å². The first kappa shape index (κ1) is 10.3. The molecule has 1 unspecified atom stereocenters. The minimum absolute atomic E-state index is 0.339. The summed E-state index contributed by atoms with van der Waals surface area (Å²) in [5.74, 6) is -0.339. The highest BCUT2D eigenvalue weighted by Gasteiger charge is 2.10. The van der Waals surface area contributed by atoms with Crippen LogP contribution in [0.2, 0.25) is 5.02 Å². The van der Waals surface area contributed by atoms with Crippen LogP contribution in [0.15, 0.2) is 16.6 Å². The van der Waals surface area contributed by atoms with Crippen molar-refractivity contribution in [2.45, 2.75) is 12.3 Å². The van der Waals surface area contributed by atoms with Gasteiger partial charge in [-0.2, -0.15) is 0 Å². The van der Waals surface area contributed by atoms with Crippen LogP contribution in [-0.4, -0.2) is 0 Å². The minimum Gasteiger partial charge on any atom is -0.207 e. The Balaban J connectivity index is 3.23. The largest absolute Gasteiger partial charge is 0.207 e. The molecule has 0 radical (unpaired) electrons. The number of rotatable bonds is 1. The van der Waals surface area contributed by atoms with Gasteiger partial charge < -0.3 is 0 Å². The molecule has 0 nitrogen and oxygen atoms in total. The van der Waals surface area contributed by atoms with Gasteiger partial charge in [0, 0.05) is 10.0 Å². The van der Waals surface area contributed by atoms with Gasteiger partial charge in [-0.15, -0.1) is 11.6 Å². The summed E-state index contributed by atoms with van der Waals surface area (Å²) in [6, 6.07) is 2.84. The first-order chi connectivity index (χ1) is 5.52. The normalized spacial score (nSPS) is 13.1. The molecule has 1 rings (SSSR count). The van der Waals surface area contributed by atoms with E-state index in [1.54, 1.807) is 6.92 Å². The number of hydrogen-bond donors (Lipinski definition) is 0. The Morgan fingerprint density at radius 2 is 2.08 bits per heavy atom. The van der Waals surface area contributed by atoms with Gasteiger partial charge in [0.1, 0.15) is 5.82 Å². The van der Waals surface area contributed by atoms with Gasteiger partial charge in [0.25, 0.3) is 0 Å². The third kappa shape index (κ3) is 2.12. The first-order valence-corrected chi connectivity index (χ1v) is 4.91. The zero-order valence-corrected chi connectivity index (χ0v) is 9.34. The van der Waals surface area contributed by atoms with Crippen LogP contribution in [0.25, 0.3) is 0 Å². The maximum Gasteiger partial charge on any atom is 0.129 e. The summed E-state index contributed by atoms with van der Waals surface area (Å²) >= 11 is 14.6. The standard InChI is InChI=1S/C8H6BrCl2F/c1-4(10)5-2-7(11)6(9)3-8(5)12/h2-4H,1H3. The lowest BCUT2D eigenvalue weighted by atomic mass is 10.1. The topological polar surface area (TPSA) is 0 Å². The highest BCUT2D eigenvalue weighted by Crippen LogP contribution is 2.30. The fraction of sp³-hybridized carbons (Fsp3) is 0.250. The van der Waals surface area contributed by atoms with Crippen molar-refractivity contribution < 1.29 is 4.39 Å². The maximum absolute atomic E-state index is 13.1.